The van der Waals surface area contributed by atoms with Gasteiger partial charge in [0.2, 0.25) is 0 Å². The molecule has 4 nitrogen and oxygen atoms in total. The van der Waals surface area contributed by atoms with Gasteiger partial charge in [-0.1, -0.05) is 32.7 Å². The Balaban J connectivity index is 2.04. The molecule has 0 amide bonds. The van der Waals surface area contributed by atoms with E-state index in [4.69, 9.17) is 20.9 Å². The number of halogens is 2. The van der Waals surface area contributed by atoms with Crippen LogP contribution >= 0.6 is 27.5 Å². The maximum atomic E-state index is 5.98. The first-order valence-electron chi connectivity index (χ1n) is 4.52. The number of benzene rings is 1. The smallest absolute Gasteiger partial charge is 0.264 e. The topological polar surface area (TPSA) is 48.2 Å². The van der Waals surface area contributed by atoms with Crippen molar-refractivity contribution in [2.24, 2.45) is 0 Å². The van der Waals surface area contributed by atoms with E-state index in [1.165, 1.54) is 0 Å². The summed E-state index contributed by atoms with van der Waals surface area (Å²) < 4.78 is 11.3. The molecular formula is C10H8BrClN2O2. The fourth-order valence-electron chi connectivity index (χ4n) is 1.13. The molecule has 2 rings (SSSR count). The Kier molecular flexibility index (Phi) is 3.46. The van der Waals surface area contributed by atoms with Crippen molar-refractivity contribution in [2.45, 2.75) is 13.5 Å². The van der Waals surface area contributed by atoms with Gasteiger partial charge in [0.1, 0.15) is 5.75 Å². The van der Waals surface area contributed by atoms with Gasteiger partial charge in [-0.15, -0.1) is 0 Å². The predicted molar refractivity (Wildman–Crippen MR) is 62.5 cm³/mol. The van der Waals surface area contributed by atoms with E-state index in [0.29, 0.717) is 22.5 Å². The number of ether oxygens (including phenoxy) is 1. The number of aryl methyl sites for hydroxylation is 1. The molecule has 84 valence electrons. The summed E-state index contributed by atoms with van der Waals surface area (Å²) in [4.78, 5) is 4.02. The second-order valence-corrected chi connectivity index (χ2v) is 4.42. The molecule has 0 atom stereocenters. The van der Waals surface area contributed by atoms with Gasteiger partial charge in [0, 0.05) is 4.47 Å². The molecular weight excluding hydrogens is 295 g/mol. The highest BCUT2D eigenvalue weighted by Gasteiger charge is 2.06. The number of hydrogen-bond acceptors (Lipinski definition) is 4. The lowest BCUT2D eigenvalue weighted by Gasteiger charge is -2.05. The second-order valence-electron chi connectivity index (χ2n) is 3.10. The maximum Gasteiger partial charge on any atom is 0.264 e. The average Bonchev–Trinajstić information content (AvgIpc) is 2.63. The van der Waals surface area contributed by atoms with Crippen LogP contribution in [0, 0.1) is 6.92 Å². The summed E-state index contributed by atoms with van der Waals surface area (Å²) in [6, 6.07) is 5.38. The van der Waals surface area contributed by atoms with Crippen molar-refractivity contribution in [2.75, 3.05) is 0 Å². The molecule has 0 spiro atoms. The van der Waals surface area contributed by atoms with Gasteiger partial charge < -0.3 is 9.26 Å². The molecule has 1 aromatic carbocycles. The predicted octanol–water partition coefficient (Wildman–Crippen LogP) is 3.37. The standard InChI is InChI=1S/C10H8BrClN2O2/c1-6-13-10(16-14-6)5-15-9-3-2-7(11)4-8(9)12/h2-4H,5H2,1H3. The highest BCUT2D eigenvalue weighted by molar-refractivity contribution is 9.10. The molecule has 0 radical (unpaired) electrons. The van der Waals surface area contributed by atoms with Gasteiger partial charge in [0.05, 0.1) is 5.02 Å². The Morgan fingerprint density at radius 3 is 2.94 bits per heavy atom. The number of aromatic nitrogens is 2. The van der Waals surface area contributed by atoms with E-state index in [1.807, 2.05) is 6.07 Å². The first kappa shape index (κ1) is 11.4. The van der Waals surface area contributed by atoms with E-state index < -0.39 is 0 Å². The summed E-state index contributed by atoms with van der Waals surface area (Å²) in [6.45, 7) is 1.96. The van der Waals surface area contributed by atoms with Crippen molar-refractivity contribution < 1.29 is 9.26 Å². The summed E-state index contributed by atoms with van der Waals surface area (Å²) in [5.41, 5.74) is 0. The molecule has 1 heterocycles. The Morgan fingerprint density at radius 2 is 2.31 bits per heavy atom. The third-order valence-electron chi connectivity index (χ3n) is 1.81. The fourth-order valence-corrected chi connectivity index (χ4v) is 1.86. The monoisotopic (exact) mass is 302 g/mol. The Labute approximate surface area is 106 Å². The highest BCUT2D eigenvalue weighted by atomic mass is 79.9. The second kappa shape index (κ2) is 4.84. The molecule has 0 unspecified atom stereocenters. The molecule has 6 heteroatoms. The van der Waals surface area contributed by atoms with Gasteiger partial charge in [0.15, 0.2) is 12.4 Å². The van der Waals surface area contributed by atoms with Gasteiger partial charge in [-0.2, -0.15) is 4.98 Å². The van der Waals surface area contributed by atoms with Crippen LogP contribution in [0.1, 0.15) is 11.7 Å². The largest absolute Gasteiger partial charge is 0.482 e. The Morgan fingerprint density at radius 1 is 1.50 bits per heavy atom. The third kappa shape index (κ3) is 2.74. The van der Waals surface area contributed by atoms with Crippen LogP contribution in [0.25, 0.3) is 0 Å². The minimum absolute atomic E-state index is 0.211. The van der Waals surface area contributed by atoms with Crippen LogP contribution in [-0.2, 0) is 6.61 Å². The van der Waals surface area contributed by atoms with E-state index in [9.17, 15) is 0 Å². The lowest BCUT2D eigenvalue weighted by Crippen LogP contribution is -1.96. The van der Waals surface area contributed by atoms with Crippen LogP contribution in [0.3, 0.4) is 0 Å². The molecule has 0 fully saturated rings. The van der Waals surface area contributed by atoms with Crippen LogP contribution in [0.15, 0.2) is 27.2 Å². The van der Waals surface area contributed by atoms with Crippen LogP contribution in [0.5, 0.6) is 5.75 Å². The lowest BCUT2D eigenvalue weighted by molar-refractivity contribution is 0.242. The first-order chi connectivity index (χ1) is 7.65. The fraction of sp³-hybridized carbons (Fsp3) is 0.200. The summed E-state index contributed by atoms with van der Waals surface area (Å²) in [7, 11) is 0. The number of hydrogen-bond donors (Lipinski definition) is 0. The highest BCUT2D eigenvalue weighted by Crippen LogP contribution is 2.28. The van der Waals surface area contributed by atoms with Crippen molar-refractivity contribution in [3.63, 3.8) is 0 Å². The molecule has 0 saturated heterocycles. The molecule has 0 aliphatic heterocycles. The zero-order valence-corrected chi connectivity index (χ0v) is 10.7. The van der Waals surface area contributed by atoms with Gasteiger partial charge in [-0.05, 0) is 25.1 Å². The quantitative estimate of drug-likeness (QED) is 0.872. The van der Waals surface area contributed by atoms with Gasteiger partial charge >= 0.3 is 0 Å². The van der Waals surface area contributed by atoms with Crippen molar-refractivity contribution in [3.05, 3.63) is 39.4 Å². The van der Waals surface area contributed by atoms with Crippen LogP contribution in [-0.4, -0.2) is 10.1 Å². The minimum atomic E-state index is 0.211. The third-order valence-corrected chi connectivity index (χ3v) is 2.60. The number of nitrogens with zero attached hydrogens (tertiary/aromatic N) is 2. The van der Waals surface area contributed by atoms with E-state index in [-0.39, 0.29) is 6.61 Å². The molecule has 1 aromatic heterocycles. The zero-order chi connectivity index (χ0) is 11.5. The van der Waals surface area contributed by atoms with Crippen molar-refractivity contribution in [1.29, 1.82) is 0 Å². The molecule has 0 aliphatic carbocycles. The van der Waals surface area contributed by atoms with E-state index in [0.717, 1.165) is 4.47 Å². The minimum Gasteiger partial charge on any atom is -0.482 e. The zero-order valence-electron chi connectivity index (χ0n) is 8.41. The molecule has 16 heavy (non-hydrogen) atoms. The lowest BCUT2D eigenvalue weighted by atomic mass is 10.3. The molecule has 0 bridgehead atoms. The summed E-state index contributed by atoms with van der Waals surface area (Å²) in [6.07, 6.45) is 0. The molecule has 0 N–H and O–H groups in total. The Bertz CT molecular complexity index is 501. The van der Waals surface area contributed by atoms with Crippen LogP contribution in [0.4, 0.5) is 0 Å². The van der Waals surface area contributed by atoms with Crippen LogP contribution < -0.4 is 4.74 Å². The van der Waals surface area contributed by atoms with E-state index in [2.05, 4.69) is 26.1 Å². The van der Waals surface area contributed by atoms with Crippen LogP contribution in [0.2, 0.25) is 5.02 Å². The van der Waals surface area contributed by atoms with Crippen molar-refractivity contribution >= 4 is 27.5 Å². The normalized spacial score (nSPS) is 10.4. The van der Waals surface area contributed by atoms with Gasteiger partial charge in [-0.25, -0.2) is 0 Å². The summed E-state index contributed by atoms with van der Waals surface area (Å²) in [5.74, 6) is 1.60. The maximum absolute atomic E-state index is 5.98. The first-order valence-corrected chi connectivity index (χ1v) is 5.69. The molecule has 0 saturated carbocycles. The summed E-state index contributed by atoms with van der Waals surface area (Å²) >= 11 is 9.29. The van der Waals surface area contributed by atoms with Gasteiger partial charge in [0.25, 0.3) is 5.89 Å². The molecule has 0 aliphatic rings. The molecule has 2 aromatic rings. The SMILES string of the molecule is Cc1noc(COc2ccc(Br)cc2Cl)n1. The van der Waals surface area contributed by atoms with Crippen molar-refractivity contribution in [3.8, 4) is 5.75 Å². The Hall–Kier alpha value is -1.07. The summed E-state index contributed by atoms with van der Waals surface area (Å²) in [5, 5.41) is 4.19. The van der Waals surface area contributed by atoms with Crippen molar-refractivity contribution in [1.82, 2.24) is 10.1 Å². The van der Waals surface area contributed by atoms with Gasteiger partial charge in [-0.3, -0.25) is 0 Å². The van der Waals surface area contributed by atoms with E-state index >= 15 is 0 Å². The number of rotatable bonds is 3. The van der Waals surface area contributed by atoms with E-state index in [1.54, 1.807) is 19.1 Å². The average molecular weight is 304 g/mol.